The van der Waals surface area contributed by atoms with Crippen molar-refractivity contribution >= 4 is 23.3 Å². The van der Waals surface area contributed by atoms with Crippen LogP contribution >= 0.6 is 0 Å². The maximum atomic E-state index is 11.1. The smallest absolute Gasteiger partial charge is 0.349 e. The van der Waals surface area contributed by atoms with Gasteiger partial charge in [-0.3, -0.25) is 0 Å². The molecule has 0 aliphatic carbocycles. The first-order chi connectivity index (χ1) is 6.11. The molecule has 0 unspecified atom stereocenters. The topological polar surface area (TPSA) is 95.4 Å². The number of benzene rings is 1. The maximum Gasteiger partial charge on any atom is 0.349 e. The standard InChI is InChI=1S/C8H6N2O3/c9-4-2-1-3-5(6(4)10)8(12)13-7(3)11/h1-2H,9-10H2. The van der Waals surface area contributed by atoms with Crippen molar-refractivity contribution in [1.82, 2.24) is 0 Å². The van der Waals surface area contributed by atoms with Crippen molar-refractivity contribution in [2.45, 2.75) is 0 Å². The number of nitrogens with two attached hydrogens (primary N) is 2. The van der Waals surface area contributed by atoms with Gasteiger partial charge in [-0.2, -0.15) is 0 Å². The molecule has 1 aromatic carbocycles. The predicted molar refractivity (Wildman–Crippen MR) is 45.0 cm³/mol. The molecule has 1 aliphatic rings. The molecular weight excluding hydrogens is 172 g/mol. The van der Waals surface area contributed by atoms with E-state index in [1.165, 1.54) is 12.1 Å². The molecule has 1 aliphatic heterocycles. The lowest BCUT2D eigenvalue weighted by molar-refractivity contribution is 0.0444. The third-order valence-electron chi connectivity index (χ3n) is 1.89. The SMILES string of the molecule is Nc1ccc2c(c1N)C(=O)OC2=O. The Morgan fingerprint density at radius 2 is 1.77 bits per heavy atom. The number of hydrogen-bond acceptors (Lipinski definition) is 5. The summed E-state index contributed by atoms with van der Waals surface area (Å²) in [4.78, 5) is 22.1. The molecule has 1 aromatic rings. The molecule has 13 heavy (non-hydrogen) atoms. The fourth-order valence-corrected chi connectivity index (χ4v) is 1.22. The second kappa shape index (κ2) is 2.22. The summed E-state index contributed by atoms with van der Waals surface area (Å²) in [6.07, 6.45) is 0. The van der Waals surface area contributed by atoms with Crippen LogP contribution < -0.4 is 11.5 Å². The van der Waals surface area contributed by atoms with E-state index in [0.29, 0.717) is 0 Å². The van der Waals surface area contributed by atoms with Gasteiger partial charge in [0.2, 0.25) is 0 Å². The van der Waals surface area contributed by atoms with Gasteiger partial charge in [-0.25, -0.2) is 9.59 Å². The van der Waals surface area contributed by atoms with Crippen molar-refractivity contribution in [1.29, 1.82) is 0 Å². The van der Waals surface area contributed by atoms with Crippen molar-refractivity contribution < 1.29 is 14.3 Å². The number of cyclic esters (lactones) is 2. The van der Waals surface area contributed by atoms with Crippen LogP contribution in [0.15, 0.2) is 12.1 Å². The number of esters is 2. The lowest BCUT2D eigenvalue weighted by Crippen LogP contribution is -2.03. The highest BCUT2D eigenvalue weighted by molar-refractivity contribution is 6.18. The van der Waals surface area contributed by atoms with E-state index in [-0.39, 0.29) is 22.5 Å². The first kappa shape index (κ1) is 7.60. The van der Waals surface area contributed by atoms with Crippen LogP contribution in [-0.2, 0) is 4.74 Å². The van der Waals surface area contributed by atoms with E-state index in [1.807, 2.05) is 0 Å². The van der Waals surface area contributed by atoms with Gasteiger partial charge < -0.3 is 16.2 Å². The summed E-state index contributed by atoms with van der Waals surface area (Å²) >= 11 is 0. The van der Waals surface area contributed by atoms with Gasteiger partial charge >= 0.3 is 11.9 Å². The molecule has 0 spiro atoms. The number of hydrogen-bond donors (Lipinski definition) is 2. The minimum atomic E-state index is -0.732. The summed E-state index contributed by atoms with van der Waals surface area (Å²) in [5.41, 5.74) is 11.6. The summed E-state index contributed by atoms with van der Waals surface area (Å²) < 4.78 is 4.35. The lowest BCUT2D eigenvalue weighted by atomic mass is 10.1. The molecule has 5 nitrogen and oxygen atoms in total. The molecule has 0 aromatic heterocycles. The highest BCUT2D eigenvalue weighted by Crippen LogP contribution is 2.29. The maximum absolute atomic E-state index is 11.1. The molecule has 5 heteroatoms. The molecule has 0 saturated carbocycles. The Morgan fingerprint density at radius 1 is 1.08 bits per heavy atom. The van der Waals surface area contributed by atoms with Crippen molar-refractivity contribution in [3.8, 4) is 0 Å². The second-order valence-electron chi connectivity index (χ2n) is 2.67. The molecule has 0 atom stereocenters. The van der Waals surface area contributed by atoms with Gasteiger partial charge in [-0.15, -0.1) is 0 Å². The van der Waals surface area contributed by atoms with Crippen LogP contribution in [0.5, 0.6) is 0 Å². The van der Waals surface area contributed by atoms with Gasteiger partial charge in [0.15, 0.2) is 0 Å². The first-order valence-electron chi connectivity index (χ1n) is 3.55. The summed E-state index contributed by atoms with van der Waals surface area (Å²) in [6, 6.07) is 2.89. The molecule has 0 saturated heterocycles. The van der Waals surface area contributed by atoms with Gasteiger partial charge in [-0.05, 0) is 12.1 Å². The van der Waals surface area contributed by atoms with Crippen molar-refractivity contribution in [3.63, 3.8) is 0 Å². The Morgan fingerprint density at radius 3 is 2.46 bits per heavy atom. The van der Waals surface area contributed by atoms with Crippen molar-refractivity contribution in [3.05, 3.63) is 23.3 Å². The zero-order valence-corrected chi connectivity index (χ0v) is 6.53. The monoisotopic (exact) mass is 178 g/mol. The minimum absolute atomic E-state index is 0.0741. The van der Waals surface area contributed by atoms with E-state index in [9.17, 15) is 9.59 Å². The van der Waals surface area contributed by atoms with E-state index in [0.717, 1.165) is 0 Å². The van der Waals surface area contributed by atoms with Gasteiger partial charge in [0.05, 0.1) is 22.5 Å². The van der Waals surface area contributed by atoms with Crippen LogP contribution in [0.2, 0.25) is 0 Å². The van der Waals surface area contributed by atoms with E-state index in [2.05, 4.69) is 4.74 Å². The molecule has 1 heterocycles. The molecule has 0 bridgehead atoms. The summed E-state index contributed by atoms with van der Waals surface area (Å²) in [7, 11) is 0. The molecule has 0 radical (unpaired) electrons. The Balaban J connectivity index is 2.78. The minimum Gasteiger partial charge on any atom is -0.397 e. The highest BCUT2D eigenvalue weighted by Gasteiger charge is 2.32. The fourth-order valence-electron chi connectivity index (χ4n) is 1.22. The average Bonchev–Trinajstić information content (AvgIpc) is 2.35. The van der Waals surface area contributed by atoms with Gasteiger partial charge in [0.1, 0.15) is 0 Å². The molecular formula is C8H6N2O3. The number of fused-ring (bicyclic) bond motifs is 1. The summed E-state index contributed by atoms with van der Waals surface area (Å²) in [5, 5.41) is 0. The van der Waals surface area contributed by atoms with Crippen LogP contribution in [-0.4, -0.2) is 11.9 Å². The third kappa shape index (κ3) is 0.868. The van der Waals surface area contributed by atoms with Crippen LogP contribution in [0.4, 0.5) is 11.4 Å². The van der Waals surface area contributed by atoms with E-state index in [1.54, 1.807) is 0 Å². The van der Waals surface area contributed by atoms with E-state index >= 15 is 0 Å². The number of ether oxygens (including phenoxy) is 1. The zero-order chi connectivity index (χ0) is 9.59. The average molecular weight is 178 g/mol. The highest BCUT2D eigenvalue weighted by atomic mass is 16.6. The Bertz CT molecular complexity index is 426. The number of carbonyl (C=O) groups excluding carboxylic acids is 2. The van der Waals surface area contributed by atoms with E-state index in [4.69, 9.17) is 11.5 Å². The molecule has 0 fully saturated rings. The summed E-state index contributed by atoms with van der Waals surface area (Å²) in [6.45, 7) is 0. The molecule has 0 amide bonds. The second-order valence-corrected chi connectivity index (χ2v) is 2.67. The number of rotatable bonds is 0. The fraction of sp³-hybridized carbons (Fsp3) is 0. The largest absolute Gasteiger partial charge is 0.397 e. The van der Waals surface area contributed by atoms with Crippen LogP contribution in [0.1, 0.15) is 20.7 Å². The van der Waals surface area contributed by atoms with Gasteiger partial charge in [0.25, 0.3) is 0 Å². The molecule has 2 rings (SSSR count). The Kier molecular flexibility index (Phi) is 1.30. The van der Waals surface area contributed by atoms with Crippen LogP contribution in [0.3, 0.4) is 0 Å². The summed E-state index contributed by atoms with van der Waals surface area (Å²) in [5.74, 6) is -1.41. The van der Waals surface area contributed by atoms with Crippen molar-refractivity contribution in [2.24, 2.45) is 0 Å². The van der Waals surface area contributed by atoms with Gasteiger partial charge in [-0.1, -0.05) is 0 Å². The number of carbonyl (C=O) groups is 2. The number of anilines is 2. The first-order valence-corrected chi connectivity index (χ1v) is 3.55. The Hall–Kier alpha value is -2.04. The Labute approximate surface area is 73.3 Å². The predicted octanol–water partition coefficient (Wildman–Crippen LogP) is 0.162. The lowest BCUT2D eigenvalue weighted by Gasteiger charge is -2.01. The van der Waals surface area contributed by atoms with E-state index < -0.39 is 11.9 Å². The zero-order valence-electron chi connectivity index (χ0n) is 6.53. The van der Waals surface area contributed by atoms with Crippen molar-refractivity contribution in [2.75, 3.05) is 11.5 Å². The van der Waals surface area contributed by atoms with Crippen LogP contribution in [0.25, 0.3) is 0 Å². The molecule has 66 valence electrons. The quantitative estimate of drug-likeness (QED) is 0.335. The molecule has 4 N–H and O–H groups in total. The van der Waals surface area contributed by atoms with Gasteiger partial charge in [0, 0.05) is 0 Å². The third-order valence-corrected chi connectivity index (χ3v) is 1.89. The number of nitrogen functional groups attached to an aromatic ring is 2. The normalized spacial score (nSPS) is 14.2. The van der Waals surface area contributed by atoms with Crippen LogP contribution in [0, 0.1) is 0 Å².